The lowest BCUT2D eigenvalue weighted by Gasteiger charge is -2.15. The lowest BCUT2D eigenvalue weighted by Crippen LogP contribution is -2.29. The molecule has 2 unspecified atom stereocenters. The Morgan fingerprint density at radius 2 is 2.18 bits per heavy atom. The Bertz CT molecular complexity index is 256. The Morgan fingerprint density at radius 3 is 2.55 bits per heavy atom. The summed E-state index contributed by atoms with van der Waals surface area (Å²) in [6, 6.07) is -0.201. The summed E-state index contributed by atoms with van der Waals surface area (Å²) in [6.07, 6.45) is 10.8. The van der Waals surface area contributed by atoms with Gasteiger partial charge in [0.05, 0.1) is 5.92 Å². The van der Waals surface area contributed by atoms with E-state index in [2.05, 4.69) is 11.8 Å². The summed E-state index contributed by atoms with van der Waals surface area (Å²) in [5.74, 6) is 4.97. The average molecular weight is 147 g/mol. The number of hydrogen-bond acceptors (Lipinski definition) is 1. The predicted molar refractivity (Wildman–Crippen MR) is 42.3 cm³/mol. The van der Waals surface area contributed by atoms with E-state index in [9.17, 15) is 4.79 Å². The SMILES string of the molecule is C#CC1CC(=O)N(C)C1C#C. The Balaban J connectivity index is 2.85. The van der Waals surface area contributed by atoms with E-state index in [4.69, 9.17) is 12.8 Å². The van der Waals surface area contributed by atoms with Gasteiger partial charge in [-0.1, -0.05) is 11.8 Å². The van der Waals surface area contributed by atoms with Gasteiger partial charge in [0.2, 0.25) is 5.91 Å². The molecule has 1 heterocycles. The first-order valence-electron chi connectivity index (χ1n) is 3.38. The van der Waals surface area contributed by atoms with Gasteiger partial charge in [0.15, 0.2) is 0 Å². The van der Waals surface area contributed by atoms with Crippen LogP contribution in [0.2, 0.25) is 0 Å². The van der Waals surface area contributed by atoms with Crippen LogP contribution in [0.5, 0.6) is 0 Å². The molecule has 0 radical (unpaired) electrons. The molecule has 2 heteroatoms. The van der Waals surface area contributed by atoms with Gasteiger partial charge in [-0.25, -0.2) is 0 Å². The highest BCUT2D eigenvalue weighted by Gasteiger charge is 2.34. The summed E-state index contributed by atoms with van der Waals surface area (Å²) >= 11 is 0. The number of likely N-dealkylation sites (tertiary alicyclic amines) is 1. The summed E-state index contributed by atoms with van der Waals surface area (Å²) in [7, 11) is 1.68. The van der Waals surface area contributed by atoms with Crippen LogP contribution in [0.25, 0.3) is 0 Å². The van der Waals surface area contributed by atoms with Gasteiger partial charge < -0.3 is 4.90 Å². The normalized spacial score (nSPS) is 29.7. The summed E-state index contributed by atoms with van der Waals surface area (Å²) in [6.45, 7) is 0. The van der Waals surface area contributed by atoms with Crippen LogP contribution in [0.1, 0.15) is 6.42 Å². The third-order valence-electron chi connectivity index (χ3n) is 1.97. The predicted octanol–water partition coefficient (Wildman–Crippen LogP) is 0.0997. The first-order chi connectivity index (χ1) is 5.20. The van der Waals surface area contributed by atoms with Crippen LogP contribution in [-0.2, 0) is 4.79 Å². The third-order valence-corrected chi connectivity index (χ3v) is 1.97. The van der Waals surface area contributed by atoms with Gasteiger partial charge in [-0.15, -0.1) is 12.8 Å². The van der Waals surface area contributed by atoms with Crippen molar-refractivity contribution in [3.8, 4) is 24.7 Å². The van der Waals surface area contributed by atoms with Gasteiger partial charge >= 0.3 is 0 Å². The molecule has 1 saturated heterocycles. The zero-order valence-corrected chi connectivity index (χ0v) is 6.37. The number of terminal acetylenes is 2. The standard InChI is InChI=1S/C9H9NO/c1-4-7-6-9(11)10(3)8(7)5-2/h1-2,7-8H,6H2,3H3. The largest absolute Gasteiger partial charge is 0.331 e. The molecule has 0 saturated carbocycles. The van der Waals surface area contributed by atoms with E-state index in [0.29, 0.717) is 6.42 Å². The molecule has 1 fully saturated rings. The van der Waals surface area contributed by atoms with Gasteiger partial charge in [0.25, 0.3) is 0 Å². The second-order valence-corrected chi connectivity index (χ2v) is 2.59. The molecule has 0 spiro atoms. The maximum Gasteiger partial charge on any atom is 0.224 e. The third kappa shape index (κ3) is 1.08. The van der Waals surface area contributed by atoms with E-state index in [0.717, 1.165) is 0 Å². The number of amides is 1. The van der Waals surface area contributed by atoms with Crippen molar-refractivity contribution < 1.29 is 4.79 Å². The Hall–Kier alpha value is -1.41. The summed E-state index contributed by atoms with van der Waals surface area (Å²) in [5.41, 5.74) is 0. The first kappa shape index (κ1) is 7.69. The van der Waals surface area contributed by atoms with E-state index < -0.39 is 0 Å². The van der Waals surface area contributed by atoms with Gasteiger partial charge in [0.1, 0.15) is 6.04 Å². The fraction of sp³-hybridized carbons (Fsp3) is 0.444. The molecule has 1 amide bonds. The number of hydrogen-bond donors (Lipinski definition) is 0. The molecule has 0 aromatic carbocycles. The quantitative estimate of drug-likeness (QED) is 0.445. The van der Waals surface area contributed by atoms with Crippen LogP contribution in [0.3, 0.4) is 0 Å². The topological polar surface area (TPSA) is 20.3 Å². The summed E-state index contributed by atoms with van der Waals surface area (Å²) < 4.78 is 0. The monoisotopic (exact) mass is 147 g/mol. The van der Waals surface area contributed by atoms with Crippen molar-refractivity contribution in [2.24, 2.45) is 5.92 Å². The van der Waals surface area contributed by atoms with E-state index in [-0.39, 0.29) is 17.9 Å². The molecule has 0 bridgehead atoms. The number of carbonyl (C=O) groups is 1. The zero-order valence-electron chi connectivity index (χ0n) is 6.37. The van der Waals surface area contributed by atoms with Crippen molar-refractivity contribution in [3.63, 3.8) is 0 Å². The van der Waals surface area contributed by atoms with Crippen molar-refractivity contribution in [2.45, 2.75) is 12.5 Å². The van der Waals surface area contributed by atoms with Crippen LogP contribution in [-0.4, -0.2) is 23.9 Å². The van der Waals surface area contributed by atoms with Crippen molar-refractivity contribution in [3.05, 3.63) is 0 Å². The number of nitrogens with zero attached hydrogens (tertiary/aromatic N) is 1. The minimum absolute atomic E-state index is 0.0379. The van der Waals surface area contributed by atoms with Crippen molar-refractivity contribution in [1.82, 2.24) is 4.90 Å². The van der Waals surface area contributed by atoms with Gasteiger partial charge in [-0.05, 0) is 0 Å². The fourth-order valence-electron chi connectivity index (χ4n) is 1.25. The van der Waals surface area contributed by atoms with Crippen molar-refractivity contribution >= 4 is 5.91 Å². The summed E-state index contributed by atoms with van der Waals surface area (Å²) in [5, 5.41) is 0. The minimum Gasteiger partial charge on any atom is -0.331 e. The van der Waals surface area contributed by atoms with E-state index in [1.807, 2.05) is 0 Å². The fourth-order valence-corrected chi connectivity index (χ4v) is 1.25. The zero-order chi connectivity index (χ0) is 8.43. The van der Waals surface area contributed by atoms with E-state index >= 15 is 0 Å². The molecule has 0 aromatic rings. The molecule has 0 aliphatic carbocycles. The lowest BCUT2D eigenvalue weighted by molar-refractivity contribution is -0.127. The second kappa shape index (κ2) is 2.68. The van der Waals surface area contributed by atoms with E-state index in [1.165, 1.54) is 4.90 Å². The average Bonchev–Trinajstić information content (AvgIpc) is 2.28. The smallest absolute Gasteiger partial charge is 0.224 e. The van der Waals surface area contributed by atoms with Gasteiger partial charge in [-0.3, -0.25) is 4.79 Å². The highest BCUT2D eigenvalue weighted by Crippen LogP contribution is 2.22. The molecular formula is C9H9NO. The van der Waals surface area contributed by atoms with Crippen LogP contribution in [0.4, 0.5) is 0 Å². The van der Waals surface area contributed by atoms with Crippen LogP contribution < -0.4 is 0 Å². The molecule has 1 aliphatic rings. The summed E-state index contributed by atoms with van der Waals surface area (Å²) in [4.78, 5) is 12.6. The molecule has 2 atom stereocenters. The molecule has 1 rings (SSSR count). The number of rotatable bonds is 0. The molecule has 56 valence electrons. The maximum absolute atomic E-state index is 11.0. The van der Waals surface area contributed by atoms with Gasteiger partial charge in [-0.2, -0.15) is 0 Å². The van der Waals surface area contributed by atoms with Crippen molar-refractivity contribution in [1.29, 1.82) is 0 Å². The van der Waals surface area contributed by atoms with Crippen LogP contribution >= 0.6 is 0 Å². The van der Waals surface area contributed by atoms with E-state index in [1.54, 1.807) is 7.05 Å². The maximum atomic E-state index is 11.0. The second-order valence-electron chi connectivity index (χ2n) is 2.59. The molecular weight excluding hydrogens is 138 g/mol. The first-order valence-corrected chi connectivity index (χ1v) is 3.38. The molecule has 2 nitrogen and oxygen atoms in total. The van der Waals surface area contributed by atoms with Gasteiger partial charge in [0, 0.05) is 13.5 Å². The Labute approximate surface area is 66.6 Å². The lowest BCUT2D eigenvalue weighted by atomic mass is 10.0. The van der Waals surface area contributed by atoms with Crippen LogP contribution in [0.15, 0.2) is 0 Å². The molecule has 11 heavy (non-hydrogen) atoms. The molecule has 1 aliphatic heterocycles. The molecule has 0 N–H and O–H groups in total. The highest BCUT2D eigenvalue weighted by atomic mass is 16.2. The Morgan fingerprint density at radius 1 is 1.55 bits per heavy atom. The minimum atomic E-state index is -0.201. The van der Waals surface area contributed by atoms with Crippen LogP contribution in [0, 0.1) is 30.6 Å². The highest BCUT2D eigenvalue weighted by molar-refractivity contribution is 5.80. The number of carbonyl (C=O) groups excluding carboxylic acids is 1. The molecule has 0 aromatic heterocycles. The Kier molecular flexibility index (Phi) is 1.87. The van der Waals surface area contributed by atoms with Crippen molar-refractivity contribution in [2.75, 3.05) is 7.05 Å².